The molecule has 1 amide bonds. The van der Waals surface area contributed by atoms with E-state index in [-0.39, 0.29) is 18.4 Å². The molecule has 1 fully saturated rings. The fourth-order valence-electron chi connectivity index (χ4n) is 3.88. The highest BCUT2D eigenvalue weighted by Crippen LogP contribution is 2.44. The summed E-state index contributed by atoms with van der Waals surface area (Å²) >= 11 is 0. The number of carboxylic acids is 2. The molecule has 3 unspecified atom stereocenters. The van der Waals surface area contributed by atoms with Crippen molar-refractivity contribution < 1.29 is 24.6 Å². The number of hydrogen-bond acceptors (Lipinski definition) is 3. The summed E-state index contributed by atoms with van der Waals surface area (Å²) in [7, 11) is 0. The van der Waals surface area contributed by atoms with Crippen molar-refractivity contribution in [2.75, 3.05) is 4.90 Å². The van der Waals surface area contributed by atoms with Crippen molar-refractivity contribution in [1.82, 2.24) is 0 Å². The Hall–Kier alpha value is -3.15. The van der Waals surface area contributed by atoms with Gasteiger partial charge in [-0.3, -0.25) is 14.4 Å². The van der Waals surface area contributed by atoms with Crippen LogP contribution in [0.4, 0.5) is 5.69 Å². The molecular formula is C22H23NO5. The van der Waals surface area contributed by atoms with E-state index in [1.54, 1.807) is 4.90 Å². The number of aliphatic carboxylic acids is 2. The lowest BCUT2D eigenvalue weighted by molar-refractivity contribution is -0.168. The molecule has 2 aromatic carbocycles. The molecule has 3 rings (SSSR count). The first-order chi connectivity index (χ1) is 13.3. The molecule has 0 radical (unpaired) electrons. The molecule has 3 atom stereocenters. The van der Waals surface area contributed by atoms with Crippen LogP contribution in [-0.4, -0.2) is 34.1 Å². The maximum Gasteiger partial charge on any atom is 0.308 e. The summed E-state index contributed by atoms with van der Waals surface area (Å²) in [5.41, 5.74) is 2.51. The van der Waals surface area contributed by atoms with Gasteiger partial charge < -0.3 is 15.1 Å². The van der Waals surface area contributed by atoms with Crippen LogP contribution in [-0.2, 0) is 14.4 Å². The number of hydrogen-bond donors (Lipinski definition) is 2. The van der Waals surface area contributed by atoms with Crippen molar-refractivity contribution in [3.63, 3.8) is 0 Å². The van der Waals surface area contributed by atoms with Gasteiger partial charge in [0.25, 0.3) is 0 Å². The van der Waals surface area contributed by atoms with Gasteiger partial charge in [0.1, 0.15) is 0 Å². The van der Waals surface area contributed by atoms with Crippen LogP contribution in [0.15, 0.2) is 54.6 Å². The maximum atomic E-state index is 13.3. The minimum atomic E-state index is -1.24. The Balaban J connectivity index is 1.99. The van der Waals surface area contributed by atoms with Crippen LogP contribution < -0.4 is 4.90 Å². The number of carboxylic acid groups (broad SMARTS) is 2. The van der Waals surface area contributed by atoms with E-state index in [4.69, 9.17) is 0 Å². The second kappa shape index (κ2) is 7.84. The first-order valence-corrected chi connectivity index (χ1v) is 9.26. The highest BCUT2D eigenvalue weighted by Gasteiger charge is 2.54. The standard InChI is InChI=1S/C22H23NO5/c1-13(2)23(20(24)16-12-17(21(25)26)19(16)22(27)28)18-11-7-6-10-15(18)14-8-4-3-5-9-14/h3-11,13,16-17,19H,12H2,1-2H3,(H,25,26)(H,27,28). The average molecular weight is 381 g/mol. The Labute approximate surface area is 163 Å². The smallest absolute Gasteiger partial charge is 0.308 e. The lowest BCUT2D eigenvalue weighted by Gasteiger charge is -2.42. The average Bonchev–Trinajstić information content (AvgIpc) is 2.61. The summed E-state index contributed by atoms with van der Waals surface area (Å²) in [6.45, 7) is 3.73. The lowest BCUT2D eigenvalue weighted by Crippen LogP contribution is -2.55. The second-order valence-electron chi connectivity index (χ2n) is 7.34. The van der Waals surface area contributed by atoms with Crippen LogP contribution in [0.3, 0.4) is 0 Å². The van der Waals surface area contributed by atoms with E-state index >= 15 is 0 Å². The van der Waals surface area contributed by atoms with Crippen molar-refractivity contribution in [3.8, 4) is 11.1 Å². The van der Waals surface area contributed by atoms with Gasteiger partial charge in [-0.25, -0.2) is 0 Å². The molecule has 0 aliphatic heterocycles. The van der Waals surface area contributed by atoms with E-state index in [2.05, 4.69) is 0 Å². The summed E-state index contributed by atoms with van der Waals surface area (Å²) in [4.78, 5) is 37.8. The zero-order valence-electron chi connectivity index (χ0n) is 15.8. The van der Waals surface area contributed by atoms with Crippen LogP contribution in [0.25, 0.3) is 11.1 Å². The van der Waals surface area contributed by atoms with Gasteiger partial charge in [0.05, 0.1) is 23.4 Å². The molecular weight excluding hydrogens is 358 g/mol. The number of nitrogens with zero attached hydrogens (tertiary/aromatic N) is 1. The molecule has 1 saturated carbocycles. The Morgan fingerprint density at radius 2 is 1.50 bits per heavy atom. The fourth-order valence-corrected chi connectivity index (χ4v) is 3.88. The van der Waals surface area contributed by atoms with Gasteiger partial charge in [-0.15, -0.1) is 0 Å². The number of carbonyl (C=O) groups is 3. The SMILES string of the molecule is CC(C)N(C(=O)C1CC(C(=O)O)C1C(=O)O)c1ccccc1-c1ccccc1. The fraction of sp³-hybridized carbons (Fsp3) is 0.318. The predicted octanol–water partition coefficient (Wildman–Crippen LogP) is 3.52. The Morgan fingerprint density at radius 1 is 0.893 bits per heavy atom. The van der Waals surface area contributed by atoms with E-state index in [1.807, 2.05) is 68.4 Å². The van der Waals surface area contributed by atoms with Gasteiger partial charge in [-0.1, -0.05) is 48.5 Å². The monoisotopic (exact) mass is 381 g/mol. The van der Waals surface area contributed by atoms with Crippen molar-refractivity contribution >= 4 is 23.5 Å². The third kappa shape index (κ3) is 3.50. The Kier molecular flexibility index (Phi) is 5.49. The molecule has 2 aromatic rings. The predicted molar refractivity (Wildman–Crippen MR) is 105 cm³/mol. The molecule has 28 heavy (non-hydrogen) atoms. The van der Waals surface area contributed by atoms with E-state index in [9.17, 15) is 24.6 Å². The molecule has 1 aliphatic rings. The molecule has 0 spiro atoms. The van der Waals surface area contributed by atoms with Crippen LogP contribution in [0.5, 0.6) is 0 Å². The summed E-state index contributed by atoms with van der Waals surface area (Å²) < 4.78 is 0. The quantitative estimate of drug-likeness (QED) is 0.798. The number of anilines is 1. The minimum Gasteiger partial charge on any atom is -0.481 e. The number of carbonyl (C=O) groups excluding carboxylic acids is 1. The van der Waals surface area contributed by atoms with Crippen molar-refractivity contribution in [2.45, 2.75) is 26.3 Å². The number of para-hydroxylation sites is 1. The van der Waals surface area contributed by atoms with Crippen molar-refractivity contribution in [1.29, 1.82) is 0 Å². The van der Waals surface area contributed by atoms with Gasteiger partial charge >= 0.3 is 11.9 Å². The van der Waals surface area contributed by atoms with E-state index < -0.39 is 29.7 Å². The molecule has 0 aromatic heterocycles. The van der Waals surface area contributed by atoms with Gasteiger partial charge in [0, 0.05) is 11.6 Å². The van der Waals surface area contributed by atoms with Crippen molar-refractivity contribution in [2.24, 2.45) is 17.8 Å². The zero-order chi connectivity index (χ0) is 20.4. The highest BCUT2D eigenvalue weighted by molar-refractivity contribution is 6.03. The molecule has 0 saturated heterocycles. The third-order valence-electron chi connectivity index (χ3n) is 5.30. The zero-order valence-corrected chi connectivity index (χ0v) is 15.8. The van der Waals surface area contributed by atoms with Gasteiger partial charge in [-0.05, 0) is 31.9 Å². The number of benzene rings is 2. The highest BCUT2D eigenvalue weighted by atomic mass is 16.4. The maximum absolute atomic E-state index is 13.3. The van der Waals surface area contributed by atoms with Crippen LogP contribution in [0, 0.1) is 17.8 Å². The first kappa shape index (κ1) is 19.6. The van der Waals surface area contributed by atoms with Gasteiger partial charge in [0.2, 0.25) is 5.91 Å². The first-order valence-electron chi connectivity index (χ1n) is 9.26. The van der Waals surface area contributed by atoms with E-state index in [0.717, 1.165) is 11.1 Å². The summed E-state index contributed by atoms with van der Waals surface area (Å²) in [5.74, 6) is -5.82. The van der Waals surface area contributed by atoms with Crippen molar-refractivity contribution in [3.05, 3.63) is 54.6 Å². The second-order valence-corrected chi connectivity index (χ2v) is 7.34. The number of rotatable bonds is 6. The van der Waals surface area contributed by atoms with Crippen LogP contribution in [0.1, 0.15) is 20.3 Å². The van der Waals surface area contributed by atoms with E-state index in [1.165, 1.54) is 0 Å². The summed E-state index contributed by atoms with van der Waals surface area (Å²) in [6, 6.07) is 16.9. The molecule has 146 valence electrons. The molecule has 6 nitrogen and oxygen atoms in total. The Bertz CT molecular complexity index is 893. The minimum absolute atomic E-state index is 0.0435. The molecule has 6 heteroatoms. The third-order valence-corrected chi connectivity index (χ3v) is 5.30. The topological polar surface area (TPSA) is 94.9 Å². The van der Waals surface area contributed by atoms with Crippen LogP contribution in [0.2, 0.25) is 0 Å². The lowest BCUT2D eigenvalue weighted by atomic mass is 9.64. The molecule has 1 aliphatic carbocycles. The largest absolute Gasteiger partial charge is 0.481 e. The van der Waals surface area contributed by atoms with Gasteiger partial charge in [-0.2, -0.15) is 0 Å². The van der Waals surface area contributed by atoms with Crippen LogP contribution >= 0.6 is 0 Å². The molecule has 0 bridgehead atoms. The number of amides is 1. The Morgan fingerprint density at radius 3 is 2.07 bits per heavy atom. The summed E-state index contributed by atoms with van der Waals surface area (Å²) in [5, 5.41) is 18.7. The van der Waals surface area contributed by atoms with E-state index in [0.29, 0.717) is 5.69 Å². The normalized spacial score (nSPS) is 21.0. The molecule has 0 heterocycles. The molecule has 2 N–H and O–H groups in total. The van der Waals surface area contributed by atoms with Gasteiger partial charge in [0.15, 0.2) is 0 Å². The summed E-state index contributed by atoms with van der Waals surface area (Å²) in [6.07, 6.45) is 0.0435.